The summed E-state index contributed by atoms with van der Waals surface area (Å²) in [6.45, 7) is 6.02. The fourth-order valence-electron chi connectivity index (χ4n) is 2.43. The van der Waals surface area contributed by atoms with Gasteiger partial charge in [-0.1, -0.05) is 18.2 Å². The molecule has 2 aromatic rings. The van der Waals surface area contributed by atoms with Gasteiger partial charge in [0.05, 0.1) is 29.6 Å². The topological polar surface area (TPSA) is 63.5 Å². The van der Waals surface area contributed by atoms with Crippen molar-refractivity contribution >= 4 is 23.1 Å². The molecule has 3 heterocycles. The van der Waals surface area contributed by atoms with Gasteiger partial charge in [-0.15, -0.1) is 0 Å². The minimum atomic E-state index is 0.380. The highest BCUT2D eigenvalue weighted by molar-refractivity contribution is 6.30. The van der Waals surface area contributed by atoms with E-state index in [-0.39, 0.29) is 0 Å². The summed E-state index contributed by atoms with van der Waals surface area (Å²) in [6, 6.07) is 7.74. The van der Waals surface area contributed by atoms with Gasteiger partial charge in [-0.2, -0.15) is 0 Å². The maximum Gasteiger partial charge on any atom is 0.131 e. The Morgan fingerprint density at radius 1 is 1.46 bits per heavy atom. The second-order valence-electron chi connectivity index (χ2n) is 5.52. The van der Waals surface area contributed by atoms with Crippen molar-refractivity contribution in [2.24, 2.45) is 4.99 Å². The lowest BCUT2D eigenvalue weighted by Gasteiger charge is -2.28. The van der Waals surface area contributed by atoms with E-state index in [2.05, 4.69) is 27.2 Å². The van der Waals surface area contributed by atoms with E-state index >= 15 is 0 Å². The van der Waals surface area contributed by atoms with E-state index in [4.69, 9.17) is 16.3 Å². The smallest absolute Gasteiger partial charge is 0.131 e. The fraction of sp³-hybridized carbons (Fsp3) is 0.294. The molecule has 2 N–H and O–H groups in total. The lowest BCUT2D eigenvalue weighted by Crippen LogP contribution is -2.51. The highest BCUT2D eigenvalue weighted by atomic mass is 35.5. The molecule has 0 spiro atoms. The normalized spacial score (nSPS) is 15.0. The molecule has 0 aliphatic carbocycles. The molecule has 7 heteroatoms. The number of hydrogen-bond acceptors (Lipinski definition) is 5. The van der Waals surface area contributed by atoms with Gasteiger partial charge in [-0.05, 0) is 12.1 Å². The van der Waals surface area contributed by atoms with E-state index in [0.29, 0.717) is 28.2 Å². The first-order valence-electron chi connectivity index (χ1n) is 7.64. The quantitative estimate of drug-likeness (QED) is 0.869. The zero-order valence-electron chi connectivity index (χ0n) is 13.7. The average molecular weight is 346 g/mol. The first kappa shape index (κ1) is 16.5. The molecule has 1 fully saturated rings. The number of ether oxygens (including phenoxy) is 1. The Labute approximate surface area is 145 Å². The summed E-state index contributed by atoms with van der Waals surface area (Å²) in [5.41, 5.74) is 2.11. The molecule has 1 saturated heterocycles. The Morgan fingerprint density at radius 3 is 2.88 bits per heavy atom. The van der Waals surface area contributed by atoms with Crippen LogP contribution in [0.4, 0.5) is 5.82 Å². The summed E-state index contributed by atoms with van der Waals surface area (Å²) < 4.78 is 7.22. The van der Waals surface area contributed by atoms with E-state index in [1.54, 1.807) is 26.4 Å². The van der Waals surface area contributed by atoms with Crippen molar-refractivity contribution in [2.45, 2.75) is 6.04 Å². The molecule has 1 aliphatic heterocycles. The minimum absolute atomic E-state index is 0.380. The third kappa shape index (κ3) is 3.44. The second-order valence-corrected chi connectivity index (χ2v) is 5.96. The van der Waals surface area contributed by atoms with Crippen molar-refractivity contribution in [3.8, 4) is 5.75 Å². The van der Waals surface area contributed by atoms with Gasteiger partial charge in [0.15, 0.2) is 0 Å². The Kier molecular flexibility index (Phi) is 4.87. The fourth-order valence-corrected chi connectivity index (χ4v) is 2.59. The first-order chi connectivity index (χ1) is 11.6. The predicted molar refractivity (Wildman–Crippen MR) is 96.4 cm³/mol. The van der Waals surface area contributed by atoms with E-state index < -0.39 is 0 Å². The van der Waals surface area contributed by atoms with Crippen molar-refractivity contribution in [1.82, 2.24) is 14.9 Å². The van der Waals surface area contributed by atoms with Crippen LogP contribution in [0.1, 0.15) is 5.69 Å². The molecular formula is C17H20ClN5O. The Hall–Kier alpha value is -2.31. The highest BCUT2D eigenvalue weighted by Crippen LogP contribution is 2.23. The van der Waals surface area contributed by atoms with Crippen LogP contribution < -0.4 is 20.9 Å². The molecule has 2 aromatic heterocycles. The second kappa shape index (κ2) is 7.07. The first-order valence-corrected chi connectivity index (χ1v) is 8.02. The molecule has 0 unspecified atom stereocenters. The number of nitrogens with zero attached hydrogens (tertiary/aromatic N) is 3. The molecule has 0 saturated carbocycles. The molecule has 24 heavy (non-hydrogen) atoms. The van der Waals surface area contributed by atoms with Crippen molar-refractivity contribution in [3.63, 3.8) is 0 Å². The molecule has 1 aliphatic rings. The van der Waals surface area contributed by atoms with Crippen LogP contribution in [0.25, 0.3) is 5.70 Å². The van der Waals surface area contributed by atoms with Gasteiger partial charge in [0.2, 0.25) is 0 Å². The molecule has 6 nitrogen and oxygen atoms in total. The Balaban J connectivity index is 1.99. The Morgan fingerprint density at radius 2 is 2.25 bits per heavy atom. The maximum atomic E-state index is 6.12. The van der Waals surface area contributed by atoms with E-state index in [9.17, 15) is 0 Å². The number of rotatable bonds is 5. The van der Waals surface area contributed by atoms with Crippen molar-refractivity contribution in [1.29, 1.82) is 0 Å². The van der Waals surface area contributed by atoms with E-state index in [0.717, 1.165) is 24.4 Å². The van der Waals surface area contributed by atoms with Crippen LogP contribution in [0.2, 0.25) is 5.02 Å². The van der Waals surface area contributed by atoms with Crippen LogP contribution in [-0.2, 0) is 0 Å². The predicted octanol–water partition coefficient (Wildman–Crippen LogP) is 1.98. The molecule has 126 valence electrons. The number of nitrogens with one attached hydrogen (secondary N) is 2. The van der Waals surface area contributed by atoms with Crippen molar-refractivity contribution in [2.75, 3.05) is 32.6 Å². The number of hydrogen-bond donors (Lipinski definition) is 2. The largest absolute Gasteiger partial charge is 0.497 e. The highest BCUT2D eigenvalue weighted by Gasteiger charge is 2.18. The molecular weight excluding hydrogens is 326 g/mol. The van der Waals surface area contributed by atoms with Crippen LogP contribution in [0.5, 0.6) is 5.75 Å². The SMILES string of the molecule is C=C(c1cc(OC)cc(NC2CNC2)n1)n1cc(Cl)ccc1=NC. The molecule has 3 rings (SSSR count). The number of halogens is 1. The van der Waals surface area contributed by atoms with Crippen molar-refractivity contribution in [3.05, 3.63) is 53.2 Å². The molecule has 0 aromatic carbocycles. The standard InChI is InChI=1S/C17H20ClN5O/c1-11(23-10-12(18)4-5-17(23)19-2)15-6-14(24-3)7-16(22-15)21-13-8-20-9-13/h4-7,10,13,20H,1,8-9H2,2-3H3,(H,21,22). The summed E-state index contributed by atoms with van der Waals surface area (Å²) in [5.74, 6) is 1.48. The van der Waals surface area contributed by atoms with Gasteiger partial charge >= 0.3 is 0 Å². The lowest BCUT2D eigenvalue weighted by molar-refractivity contribution is 0.413. The summed E-state index contributed by atoms with van der Waals surface area (Å²) >= 11 is 6.12. The third-order valence-corrected chi connectivity index (χ3v) is 4.10. The third-order valence-electron chi connectivity index (χ3n) is 3.87. The average Bonchev–Trinajstić information content (AvgIpc) is 2.57. The molecule has 0 amide bonds. The number of anilines is 1. The molecule has 0 bridgehead atoms. The summed E-state index contributed by atoms with van der Waals surface area (Å²) in [6.07, 6.45) is 1.77. The molecule has 0 radical (unpaired) electrons. The maximum absolute atomic E-state index is 6.12. The lowest BCUT2D eigenvalue weighted by atomic mass is 10.2. The monoisotopic (exact) mass is 345 g/mol. The van der Waals surface area contributed by atoms with Gasteiger partial charge < -0.3 is 15.4 Å². The van der Waals surface area contributed by atoms with Crippen LogP contribution >= 0.6 is 11.6 Å². The van der Waals surface area contributed by atoms with E-state index in [1.807, 2.05) is 22.8 Å². The number of aromatic nitrogens is 2. The zero-order valence-corrected chi connectivity index (χ0v) is 14.5. The number of methoxy groups -OCH3 is 1. The summed E-state index contributed by atoms with van der Waals surface area (Å²) in [7, 11) is 3.36. The van der Waals surface area contributed by atoms with Crippen LogP contribution in [0.3, 0.4) is 0 Å². The van der Waals surface area contributed by atoms with Crippen LogP contribution in [0, 0.1) is 0 Å². The zero-order chi connectivity index (χ0) is 17.1. The van der Waals surface area contributed by atoms with Gasteiger partial charge in [-0.25, -0.2) is 4.98 Å². The van der Waals surface area contributed by atoms with Gasteiger partial charge in [0.25, 0.3) is 0 Å². The minimum Gasteiger partial charge on any atom is -0.497 e. The summed E-state index contributed by atoms with van der Waals surface area (Å²) in [4.78, 5) is 8.92. The molecule has 0 atom stereocenters. The van der Waals surface area contributed by atoms with Crippen LogP contribution in [0.15, 0.2) is 42.0 Å². The Bertz CT molecular complexity index is 826. The van der Waals surface area contributed by atoms with Crippen molar-refractivity contribution < 1.29 is 4.74 Å². The van der Waals surface area contributed by atoms with Gasteiger partial charge in [-0.3, -0.25) is 9.56 Å². The summed E-state index contributed by atoms with van der Waals surface area (Å²) in [5, 5.41) is 7.21. The number of pyridine rings is 2. The van der Waals surface area contributed by atoms with Crippen LogP contribution in [-0.4, -0.2) is 42.8 Å². The van der Waals surface area contributed by atoms with Gasteiger partial charge in [0.1, 0.15) is 17.1 Å². The van der Waals surface area contributed by atoms with Gasteiger partial charge in [0, 0.05) is 38.5 Å². The van der Waals surface area contributed by atoms with E-state index in [1.165, 1.54) is 0 Å².